The molecule has 6 nitrogen and oxygen atoms in total. The van der Waals surface area contributed by atoms with E-state index in [9.17, 15) is 14.4 Å². The number of amides is 3. The molecule has 2 aromatic carbocycles. The molecular weight excluding hydrogens is 458 g/mol. The van der Waals surface area contributed by atoms with Gasteiger partial charge in [0, 0.05) is 37.6 Å². The lowest BCUT2D eigenvalue weighted by atomic mass is 9.94. The van der Waals surface area contributed by atoms with Gasteiger partial charge in [0.1, 0.15) is 0 Å². The van der Waals surface area contributed by atoms with Crippen molar-refractivity contribution in [3.05, 3.63) is 58.6 Å². The number of rotatable bonds is 7. The maximum atomic E-state index is 13.1. The Bertz CT molecular complexity index is 1020. The fraction of sp³-hybridized carbons (Fsp3) is 0.400. The zero-order valence-corrected chi connectivity index (χ0v) is 20.8. The molecule has 0 aromatic heterocycles. The van der Waals surface area contributed by atoms with Gasteiger partial charge in [-0.15, -0.1) is 11.8 Å². The van der Waals surface area contributed by atoms with Gasteiger partial charge < -0.3 is 15.1 Å². The van der Waals surface area contributed by atoms with Crippen LogP contribution in [0, 0.1) is 0 Å². The fourth-order valence-electron chi connectivity index (χ4n) is 3.90. The van der Waals surface area contributed by atoms with Crippen molar-refractivity contribution in [2.45, 2.75) is 43.0 Å². The molecule has 0 atom stereocenters. The molecule has 8 heteroatoms. The molecule has 1 aliphatic rings. The number of nitrogens with zero attached hydrogens (tertiary/aromatic N) is 2. The molecule has 3 rings (SSSR count). The number of carbonyl (C=O) groups is 3. The van der Waals surface area contributed by atoms with Gasteiger partial charge in [-0.2, -0.15) is 0 Å². The molecule has 0 saturated heterocycles. The molecule has 33 heavy (non-hydrogen) atoms. The quantitative estimate of drug-likeness (QED) is 0.546. The van der Waals surface area contributed by atoms with Crippen molar-refractivity contribution < 1.29 is 14.4 Å². The summed E-state index contributed by atoms with van der Waals surface area (Å²) in [5, 5.41) is 3.15. The summed E-state index contributed by atoms with van der Waals surface area (Å²) in [6.07, 6.45) is 5.70. The predicted octanol–water partition coefficient (Wildman–Crippen LogP) is 5.18. The molecule has 0 heterocycles. The number of benzene rings is 2. The maximum Gasteiger partial charge on any atom is 0.256 e. The van der Waals surface area contributed by atoms with E-state index in [1.165, 1.54) is 35.9 Å². The number of carbonyl (C=O) groups excluding carboxylic acids is 3. The second kappa shape index (κ2) is 11.6. The van der Waals surface area contributed by atoms with Gasteiger partial charge in [0.15, 0.2) is 0 Å². The number of halogens is 1. The Morgan fingerprint density at radius 2 is 1.73 bits per heavy atom. The normalized spacial score (nSPS) is 13.9. The van der Waals surface area contributed by atoms with Gasteiger partial charge in [0.2, 0.25) is 5.91 Å². The highest BCUT2D eigenvalue weighted by atomic mass is 35.5. The number of hydrogen-bond donors (Lipinski definition) is 1. The molecule has 0 bridgehead atoms. The summed E-state index contributed by atoms with van der Waals surface area (Å²) in [7, 11) is 5.20. The SMILES string of the molecule is CN(C)C(=O)c1ccc(Cl)c(NC(=O)c2ccccc2SCC(=O)N(C)C2CCCCC2)c1. The molecule has 1 fully saturated rings. The molecule has 0 aliphatic heterocycles. The molecule has 176 valence electrons. The van der Waals surface area contributed by atoms with Gasteiger partial charge in [-0.05, 0) is 43.2 Å². The molecule has 1 aliphatic carbocycles. The third-order valence-electron chi connectivity index (χ3n) is 5.87. The summed E-state index contributed by atoms with van der Waals surface area (Å²) in [6.45, 7) is 0. The first kappa shape index (κ1) is 25.1. The number of nitrogens with one attached hydrogen (secondary N) is 1. The van der Waals surface area contributed by atoms with Gasteiger partial charge >= 0.3 is 0 Å². The first-order valence-corrected chi connectivity index (χ1v) is 12.4. The molecule has 3 amide bonds. The van der Waals surface area contributed by atoms with Crippen LogP contribution in [0.15, 0.2) is 47.4 Å². The van der Waals surface area contributed by atoms with E-state index in [-0.39, 0.29) is 23.5 Å². The lowest BCUT2D eigenvalue weighted by Gasteiger charge is -2.31. The Balaban J connectivity index is 1.70. The largest absolute Gasteiger partial charge is 0.345 e. The van der Waals surface area contributed by atoms with E-state index in [1.807, 2.05) is 24.1 Å². The van der Waals surface area contributed by atoms with Crippen molar-refractivity contribution in [1.82, 2.24) is 9.80 Å². The van der Waals surface area contributed by atoms with Crippen molar-refractivity contribution >= 4 is 46.8 Å². The van der Waals surface area contributed by atoms with Crippen LogP contribution in [0.1, 0.15) is 52.8 Å². The number of anilines is 1. The van der Waals surface area contributed by atoms with Gasteiger partial charge in [-0.1, -0.05) is 43.0 Å². The lowest BCUT2D eigenvalue weighted by Crippen LogP contribution is -2.39. The van der Waals surface area contributed by atoms with E-state index in [0.717, 1.165) is 17.7 Å². The van der Waals surface area contributed by atoms with Crippen molar-refractivity contribution in [2.24, 2.45) is 0 Å². The molecule has 0 radical (unpaired) electrons. The van der Waals surface area contributed by atoms with Crippen molar-refractivity contribution in [1.29, 1.82) is 0 Å². The summed E-state index contributed by atoms with van der Waals surface area (Å²) in [4.78, 5) is 42.1. The molecule has 1 N–H and O–H groups in total. The minimum atomic E-state index is -0.345. The van der Waals surface area contributed by atoms with Gasteiger partial charge in [-0.3, -0.25) is 14.4 Å². The number of hydrogen-bond acceptors (Lipinski definition) is 4. The van der Waals surface area contributed by atoms with Crippen LogP contribution < -0.4 is 5.32 Å². The van der Waals surface area contributed by atoms with E-state index in [2.05, 4.69) is 5.32 Å². The average Bonchev–Trinajstić information content (AvgIpc) is 2.83. The summed E-state index contributed by atoms with van der Waals surface area (Å²) in [6, 6.07) is 12.3. The first-order chi connectivity index (χ1) is 15.8. The summed E-state index contributed by atoms with van der Waals surface area (Å²) in [5.41, 5.74) is 1.25. The van der Waals surface area contributed by atoms with E-state index >= 15 is 0 Å². The average molecular weight is 488 g/mol. The Morgan fingerprint density at radius 3 is 2.42 bits per heavy atom. The third kappa shape index (κ3) is 6.51. The van der Waals surface area contributed by atoms with Crippen LogP contribution in [-0.4, -0.2) is 60.5 Å². The lowest BCUT2D eigenvalue weighted by molar-refractivity contribution is -0.129. The zero-order valence-electron chi connectivity index (χ0n) is 19.3. The second-order valence-electron chi connectivity index (χ2n) is 8.43. The van der Waals surface area contributed by atoms with Crippen molar-refractivity contribution in [3.8, 4) is 0 Å². The van der Waals surface area contributed by atoms with Gasteiger partial charge in [0.25, 0.3) is 11.8 Å². The minimum absolute atomic E-state index is 0.0695. The second-order valence-corrected chi connectivity index (χ2v) is 9.85. The third-order valence-corrected chi connectivity index (χ3v) is 7.25. The smallest absolute Gasteiger partial charge is 0.256 e. The number of thioether (sulfide) groups is 1. The first-order valence-electron chi connectivity index (χ1n) is 11.1. The highest BCUT2D eigenvalue weighted by Crippen LogP contribution is 2.28. The Labute approximate surface area is 204 Å². The van der Waals surface area contributed by atoms with Crippen LogP contribution in [0.25, 0.3) is 0 Å². The summed E-state index contributed by atoms with van der Waals surface area (Å²) in [5.74, 6) is -0.188. The minimum Gasteiger partial charge on any atom is -0.345 e. The maximum absolute atomic E-state index is 13.1. The van der Waals surface area contributed by atoms with Gasteiger partial charge in [-0.25, -0.2) is 0 Å². The standard InChI is InChI=1S/C25H30ClN3O3S/c1-28(2)25(32)17-13-14-20(26)21(15-17)27-24(31)19-11-7-8-12-22(19)33-16-23(30)29(3)18-9-5-4-6-10-18/h7-8,11-15,18H,4-6,9-10,16H2,1-3H3,(H,27,31). The molecular formula is C25H30ClN3O3S. The molecule has 2 aromatic rings. The predicted molar refractivity (Wildman–Crippen MR) is 134 cm³/mol. The Morgan fingerprint density at radius 1 is 1.03 bits per heavy atom. The van der Waals surface area contributed by atoms with Crippen LogP contribution in [0.2, 0.25) is 5.02 Å². The summed E-state index contributed by atoms with van der Waals surface area (Å²) < 4.78 is 0. The molecule has 0 spiro atoms. The van der Waals surface area contributed by atoms with E-state index < -0.39 is 0 Å². The molecule has 1 saturated carbocycles. The Kier molecular flexibility index (Phi) is 8.80. The van der Waals surface area contributed by atoms with Gasteiger partial charge in [0.05, 0.1) is 22.0 Å². The van der Waals surface area contributed by atoms with E-state index in [4.69, 9.17) is 11.6 Å². The van der Waals surface area contributed by atoms with Crippen LogP contribution in [-0.2, 0) is 4.79 Å². The Hall–Kier alpha value is -2.51. The van der Waals surface area contributed by atoms with Crippen LogP contribution >= 0.6 is 23.4 Å². The van der Waals surface area contributed by atoms with Crippen LogP contribution in [0.3, 0.4) is 0 Å². The molecule has 0 unspecified atom stereocenters. The van der Waals surface area contributed by atoms with E-state index in [0.29, 0.717) is 27.9 Å². The van der Waals surface area contributed by atoms with E-state index in [1.54, 1.807) is 44.4 Å². The van der Waals surface area contributed by atoms with Crippen LogP contribution in [0.5, 0.6) is 0 Å². The monoisotopic (exact) mass is 487 g/mol. The highest BCUT2D eigenvalue weighted by Gasteiger charge is 2.23. The highest BCUT2D eigenvalue weighted by molar-refractivity contribution is 8.00. The summed E-state index contributed by atoms with van der Waals surface area (Å²) >= 11 is 7.62. The zero-order chi connectivity index (χ0) is 24.0. The van der Waals surface area contributed by atoms with Crippen molar-refractivity contribution in [3.63, 3.8) is 0 Å². The fourth-order valence-corrected chi connectivity index (χ4v) is 5.03. The van der Waals surface area contributed by atoms with Crippen molar-refractivity contribution in [2.75, 3.05) is 32.2 Å². The topological polar surface area (TPSA) is 69.7 Å². The van der Waals surface area contributed by atoms with Crippen LogP contribution in [0.4, 0.5) is 5.69 Å².